The fourth-order valence-corrected chi connectivity index (χ4v) is 1.84. The molecule has 1 aromatic carbocycles. The normalized spacial score (nSPS) is 11.8. The number of para-hydroxylation sites is 1. The lowest BCUT2D eigenvalue weighted by Crippen LogP contribution is -2.29. The molecular formula is C11H7BrF3NO3. The Hall–Kier alpha value is -1.54. The minimum atomic E-state index is -4.51. The summed E-state index contributed by atoms with van der Waals surface area (Å²) in [5, 5.41) is 0.648. The maximum atomic E-state index is 11.8. The molecule has 2 aromatic rings. The van der Waals surface area contributed by atoms with Crippen molar-refractivity contribution in [1.82, 2.24) is 5.48 Å². The third kappa shape index (κ3) is 3.48. The molecule has 1 aromatic heterocycles. The minimum absolute atomic E-state index is 0.135. The molecule has 1 N–H and O–H groups in total. The van der Waals surface area contributed by atoms with Crippen LogP contribution in [0.1, 0.15) is 10.6 Å². The van der Waals surface area contributed by atoms with E-state index in [4.69, 9.17) is 4.42 Å². The summed E-state index contributed by atoms with van der Waals surface area (Å²) < 4.78 is 41.3. The molecule has 1 amide bonds. The Morgan fingerprint density at radius 3 is 2.79 bits per heavy atom. The van der Waals surface area contributed by atoms with Gasteiger partial charge in [-0.2, -0.15) is 13.2 Å². The van der Waals surface area contributed by atoms with Crippen molar-refractivity contribution in [3.63, 3.8) is 0 Å². The van der Waals surface area contributed by atoms with Crippen molar-refractivity contribution in [3.8, 4) is 0 Å². The van der Waals surface area contributed by atoms with E-state index < -0.39 is 18.7 Å². The number of alkyl halides is 3. The molecular weight excluding hydrogens is 331 g/mol. The molecule has 0 aliphatic rings. The van der Waals surface area contributed by atoms with Crippen LogP contribution in [0.15, 0.2) is 33.2 Å². The molecule has 0 radical (unpaired) electrons. The number of benzene rings is 1. The summed E-state index contributed by atoms with van der Waals surface area (Å²) in [4.78, 5) is 15.5. The lowest BCUT2D eigenvalue weighted by Gasteiger charge is -2.06. The fraction of sp³-hybridized carbons (Fsp3) is 0.182. The monoisotopic (exact) mass is 337 g/mol. The zero-order chi connectivity index (χ0) is 14.0. The fourth-order valence-electron chi connectivity index (χ4n) is 1.37. The Bertz CT molecular complexity index is 609. The molecule has 0 spiro atoms. The number of rotatable bonds is 3. The van der Waals surface area contributed by atoms with Gasteiger partial charge in [0.15, 0.2) is 12.4 Å². The second-order valence-corrected chi connectivity index (χ2v) is 4.46. The number of hydroxylamine groups is 1. The van der Waals surface area contributed by atoms with Crippen LogP contribution in [-0.4, -0.2) is 18.7 Å². The molecule has 0 aliphatic heterocycles. The van der Waals surface area contributed by atoms with Gasteiger partial charge in [0.05, 0.1) is 4.47 Å². The van der Waals surface area contributed by atoms with Crippen LogP contribution in [0.25, 0.3) is 11.0 Å². The number of nitrogens with one attached hydrogen (secondary N) is 1. The Balaban J connectivity index is 2.08. The first-order valence-corrected chi connectivity index (χ1v) is 5.83. The van der Waals surface area contributed by atoms with Gasteiger partial charge in [-0.3, -0.25) is 9.63 Å². The average Bonchev–Trinajstić information content (AvgIpc) is 2.72. The topological polar surface area (TPSA) is 51.5 Å². The van der Waals surface area contributed by atoms with Crippen molar-refractivity contribution < 1.29 is 27.2 Å². The second-order valence-electron chi connectivity index (χ2n) is 3.60. The molecule has 0 atom stereocenters. The van der Waals surface area contributed by atoms with Crippen LogP contribution < -0.4 is 5.48 Å². The first-order valence-electron chi connectivity index (χ1n) is 5.04. The van der Waals surface area contributed by atoms with E-state index in [2.05, 4.69) is 20.8 Å². The molecule has 102 valence electrons. The molecule has 2 rings (SSSR count). The number of carbonyl (C=O) groups excluding carboxylic acids is 1. The summed E-state index contributed by atoms with van der Waals surface area (Å²) in [5.74, 6) is -1.02. The molecule has 4 nitrogen and oxygen atoms in total. The van der Waals surface area contributed by atoms with E-state index in [9.17, 15) is 18.0 Å². The van der Waals surface area contributed by atoms with Crippen LogP contribution in [0.2, 0.25) is 0 Å². The summed E-state index contributed by atoms with van der Waals surface area (Å²) in [5.41, 5.74) is 2.10. The van der Waals surface area contributed by atoms with Crippen molar-refractivity contribution in [1.29, 1.82) is 0 Å². The predicted octanol–water partition coefficient (Wildman–Crippen LogP) is 3.42. The first-order chi connectivity index (χ1) is 8.87. The number of halogens is 4. The van der Waals surface area contributed by atoms with Crippen LogP contribution >= 0.6 is 15.9 Å². The van der Waals surface area contributed by atoms with E-state index in [0.29, 0.717) is 15.4 Å². The highest BCUT2D eigenvalue weighted by Gasteiger charge is 2.28. The third-order valence-corrected chi connectivity index (χ3v) is 2.74. The molecule has 19 heavy (non-hydrogen) atoms. The van der Waals surface area contributed by atoms with E-state index in [-0.39, 0.29) is 5.76 Å². The summed E-state index contributed by atoms with van der Waals surface area (Å²) in [7, 11) is 0. The molecule has 0 aliphatic carbocycles. The zero-order valence-electron chi connectivity index (χ0n) is 9.25. The highest BCUT2D eigenvalue weighted by molar-refractivity contribution is 9.10. The smallest absolute Gasteiger partial charge is 0.414 e. The number of fused-ring (bicyclic) bond motifs is 1. The van der Waals surface area contributed by atoms with Crippen LogP contribution in [0.4, 0.5) is 13.2 Å². The second kappa shape index (κ2) is 5.22. The highest BCUT2D eigenvalue weighted by Crippen LogP contribution is 2.26. The minimum Gasteiger partial charge on any atom is -0.450 e. The van der Waals surface area contributed by atoms with Gasteiger partial charge < -0.3 is 4.42 Å². The van der Waals surface area contributed by atoms with Gasteiger partial charge in [0.1, 0.15) is 5.58 Å². The van der Waals surface area contributed by atoms with Crippen molar-refractivity contribution in [3.05, 3.63) is 34.5 Å². The summed E-state index contributed by atoms with van der Waals surface area (Å²) in [6.07, 6.45) is -4.51. The van der Waals surface area contributed by atoms with E-state index in [1.807, 2.05) is 0 Å². The molecule has 1 heterocycles. The Labute approximate surface area is 113 Å². The van der Waals surface area contributed by atoms with Gasteiger partial charge in [0, 0.05) is 5.39 Å². The summed E-state index contributed by atoms with van der Waals surface area (Å²) >= 11 is 3.23. The number of furan rings is 1. The van der Waals surface area contributed by atoms with Crippen LogP contribution in [0.3, 0.4) is 0 Å². The first kappa shape index (κ1) is 13.9. The van der Waals surface area contributed by atoms with Gasteiger partial charge in [-0.1, -0.05) is 12.1 Å². The maximum Gasteiger partial charge on any atom is 0.414 e. The van der Waals surface area contributed by atoms with Crippen LogP contribution in [-0.2, 0) is 4.84 Å². The zero-order valence-corrected chi connectivity index (χ0v) is 10.8. The van der Waals surface area contributed by atoms with Crippen molar-refractivity contribution in [2.45, 2.75) is 6.18 Å². The van der Waals surface area contributed by atoms with Crippen LogP contribution in [0, 0.1) is 0 Å². The lowest BCUT2D eigenvalue weighted by atomic mass is 10.2. The number of hydrogen-bond donors (Lipinski definition) is 1. The SMILES string of the molecule is O=C(NOCC(F)(F)F)c1cc2cccc(Br)c2o1. The van der Waals surface area contributed by atoms with E-state index in [1.54, 1.807) is 23.7 Å². The quantitative estimate of drug-likeness (QED) is 0.873. The summed E-state index contributed by atoms with van der Waals surface area (Å²) in [6, 6.07) is 6.57. The van der Waals surface area contributed by atoms with Gasteiger partial charge >= 0.3 is 12.1 Å². The van der Waals surface area contributed by atoms with Crippen LogP contribution in [0.5, 0.6) is 0 Å². The van der Waals surface area contributed by atoms with Gasteiger partial charge in [0.2, 0.25) is 0 Å². The van der Waals surface area contributed by atoms with Gasteiger partial charge in [-0.25, -0.2) is 5.48 Å². The molecule has 0 bridgehead atoms. The maximum absolute atomic E-state index is 11.8. The third-order valence-electron chi connectivity index (χ3n) is 2.12. The highest BCUT2D eigenvalue weighted by atomic mass is 79.9. The predicted molar refractivity (Wildman–Crippen MR) is 63.4 cm³/mol. The molecule has 0 fully saturated rings. The molecule has 0 saturated heterocycles. The lowest BCUT2D eigenvalue weighted by molar-refractivity contribution is -0.184. The van der Waals surface area contributed by atoms with Crippen molar-refractivity contribution >= 4 is 32.8 Å². The van der Waals surface area contributed by atoms with Gasteiger partial charge in [-0.15, -0.1) is 0 Å². The van der Waals surface area contributed by atoms with Crippen molar-refractivity contribution in [2.24, 2.45) is 0 Å². The number of hydrogen-bond acceptors (Lipinski definition) is 3. The van der Waals surface area contributed by atoms with Gasteiger partial charge in [0.25, 0.3) is 0 Å². The number of amides is 1. The number of carbonyl (C=O) groups is 1. The molecule has 8 heteroatoms. The van der Waals surface area contributed by atoms with E-state index in [0.717, 1.165) is 0 Å². The van der Waals surface area contributed by atoms with Gasteiger partial charge in [-0.05, 0) is 28.1 Å². The average molecular weight is 338 g/mol. The van der Waals surface area contributed by atoms with E-state index >= 15 is 0 Å². The van der Waals surface area contributed by atoms with Crippen molar-refractivity contribution in [2.75, 3.05) is 6.61 Å². The molecule has 0 saturated carbocycles. The molecule has 0 unspecified atom stereocenters. The summed E-state index contributed by atoms with van der Waals surface area (Å²) in [6.45, 7) is -1.57. The Morgan fingerprint density at radius 2 is 2.16 bits per heavy atom. The Kier molecular flexibility index (Phi) is 3.81. The van der Waals surface area contributed by atoms with E-state index in [1.165, 1.54) is 6.07 Å². The standard InChI is InChI=1S/C11H7BrF3NO3/c12-7-3-1-2-6-4-8(19-9(6)7)10(17)16-18-5-11(13,14)15/h1-4H,5H2,(H,16,17). The Morgan fingerprint density at radius 1 is 1.42 bits per heavy atom. The largest absolute Gasteiger partial charge is 0.450 e.